The van der Waals surface area contributed by atoms with E-state index >= 15 is 0 Å². The largest absolute Gasteiger partial charge is 0.331 e. The third-order valence-electron chi connectivity index (χ3n) is 4.60. The van der Waals surface area contributed by atoms with Crippen molar-refractivity contribution in [1.29, 1.82) is 0 Å². The normalized spacial score (nSPS) is 22.0. The monoisotopic (exact) mass is 399 g/mol. The Morgan fingerprint density at radius 3 is 2.40 bits per heavy atom. The molecule has 1 fully saturated rings. The number of hydrogen-bond acceptors (Lipinski definition) is 3. The molecule has 2 heterocycles. The van der Waals surface area contributed by atoms with Crippen molar-refractivity contribution in [1.82, 2.24) is 15.5 Å². The van der Waals surface area contributed by atoms with E-state index in [1.807, 2.05) is 18.2 Å². The van der Waals surface area contributed by atoms with E-state index in [1.165, 1.54) is 0 Å². The van der Waals surface area contributed by atoms with Gasteiger partial charge in [-0.05, 0) is 29.3 Å². The van der Waals surface area contributed by atoms with Crippen LogP contribution in [0.5, 0.6) is 0 Å². The Hall–Kier alpha value is -2.67. The van der Waals surface area contributed by atoms with Crippen LogP contribution in [0.4, 0.5) is 4.79 Å². The highest BCUT2D eigenvalue weighted by atomic mass is 79.9. The van der Waals surface area contributed by atoms with Crippen LogP contribution < -0.4 is 10.6 Å². The molecule has 0 saturated carbocycles. The molecule has 0 spiro atoms. The first-order valence-corrected chi connectivity index (χ1v) is 8.56. The van der Waals surface area contributed by atoms with Crippen LogP contribution >= 0.6 is 15.9 Å². The molecule has 2 aliphatic rings. The quantitative estimate of drug-likeness (QED) is 0.776. The first-order chi connectivity index (χ1) is 12.0. The summed E-state index contributed by atoms with van der Waals surface area (Å²) in [5, 5.41) is 5.01. The average molecular weight is 400 g/mol. The Labute approximate surface area is 152 Å². The number of nitrogens with one attached hydrogen (secondary N) is 2. The number of urea groups is 1. The van der Waals surface area contributed by atoms with Crippen molar-refractivity contribution in [3.05, 3.63) is 69.7 Å². The van der Waals surface area contributed by atoms with Crippen LogP contribution in [0.2, 0.25) is 0 Å². The van der Waals surface area contributed by atoms with Gasteiger partial charge >= 0.3 is 6.03 Å². The number of imide groups is 1. The molecule has 4 amide bonds. The molecule has 2 aromatic rings. The lowest BCUT2D eigenvalue weighted by atomic mass is 9.89. The second kappa shape index (κ2) is 5.70. The van der Waals surface area contributed by atoms with Crippen molar-refractivity contribution in [2.45, 2.75) is 12.1 Å². The highest BCUT2D eigenvalue weighted by Gasteiger charge is 2.50. The van der Waals surface area contributed by atoms with Gasteiger partial charge in [-0.25, -0.2) is 4.79 Å². The van der Waals surface area contributed by atoms with Crippen LogP contribution in [0.15, 0.2) is 53.0 Å². The van der Waals surface area contributed by atoms with Crippen LogP contribution in [-0.2, 0) is 16.9 Å². The van der Waals surface area contributed by atoms with Crippen LogP contribution in [0.3, 0.4) is 0 Å². The van der Waals surface area contributed by atoms with E-state index in [2.05, 4.69) is 26.6 Å². The van der Waals surface area contributed by atoms with E-state index in [0.29, 0.717) is 17.7 Å². The summed E-state index contributed by atoms with van der Waals surface area (Å²) in [6.07, 6.45) is 0. The molecule has 0 aliphatic carbocycles. The zero-order valence-electron chi connectivity index (χ0n) is 13.1. The summed E-state index contributed by atoms with van der Waals surface area (Å²) in [7, 11) is 0. The predicted molar refractivity (Wildman–Crippen MR) is 93.7 cm³/mol. The second-order valence-electron chi connectivity index (χ2n) is 6.14. The topological polar surface area (TPSA) is 78.5 Å². The van der Waals surface area contributed by atoms with Gasteiger partial charge in [-0.15, -0.1) is 0 Å². The predicted octanol–water partition coefficient (Wildman–Crippen LogP) is 2.14. The number of hydrogen-bond donors (Lipinski definition) is 2. The molecule has 25 heavy (non-hydrogen) atoms. The Bertz CT molecular complexity index is 897. The zero-order chi connectivity index (χ0) is 17.6. The maximum atomic E-state index is 12.7. The minimum Gasteiger partial charge on any atom is -0.331 e. The highest BCUT2D eigenvalue weighted by Crippen LogP contribution is 2.31. The molecular formula is C18H14BrN3O3. The van der Waals surface area contributed by atoms with Gasteiger partial charge in [0.1, 0.15) is 0 Å². The van der Waals surface area contributed by atoms with Crippen molar-refractivity contribution >= 4 is 33.8 Å². The maximum Gasteiger partial charge on any atom is 0.322 e. The van der Waals surface area contributed by atoms with Gasteiger partial charge < -0.3 is 10.2 Å². The number of halogens is 1. The summed E-state index contributed by atoms with van der Waals surface area (Å²) in [5.74, 6) is -0.593. The van der Waals surface area contributed by atoms with Gasteiger partial charge in [0.25, 0.3) is 11.8 Å². The van der Waals surface area contributed by atoms with Crippen molar-refractivity contribution in [3.8, 4) is 0 Å². The summed E-state index contributed by atoms with van der Waals surface area (Å²) in [6, 6.07) is 13.9. The molecule has 0 radical (unpaired) electrons. The maximum absolute atomic E-state index is 12.7. The molecule has 1 saturated heterocycles. The summed E-state index contributed by atoms with van der Waals surface area (Å²) in [5.41, 5.74) is 0.888. The molecule has 2 aromatic carbocycles. The number of benzene rings is 2. The standard InChI is InChI=1S/C18H14BrN3O3/c19-13-7-5-12(6-8-13)18(16(24)20-17(25)21-18)10-22-9-11-3-1-2-4-14(11)15(22)23/h1-8H,9-10H2,(H2,20,21,24,25). The van der Waals surface area contributed by atoms with Gasteiger partial charge in [0.15, 0.2) is 5.54 Å². The van der Waals surface area contributed by atoms with E-state index in [1.54, 1.807) is 35.2 Å². The third-order valence-corrected chi connectivity index (χ3v) is 5.13. The summed E-state index contributed by atoms with van der Waals surface area (Å²) >= 11 is 3.36. The van der Waals surface area contributed by atoms with Gasteiger partial charge in [-0.3, -0.25) is 14.9 Å². The molecule has 6 nitrogen and oxygen atoms in total. The van der Waals surface area contributed by atoms with Gasteiger partial charge in [0.05, 0.1) is 6.54 Å². The Morgan fingerprint density at radius 2 is 1.76 bits per heavy atom. The lowest BCUT2D eigenvalue weighted by Crippen LogP contribution is -2.52. The average Bonchev–Trinajstić information content (AvgIpc) is 3.06. The molecule has 7 heteroatoms. The lowest BCUT2D eigenvalue weighted by molar-refractivity contribution is -0.124. The summed E-state index contributed by atoms with van der Waals surface area (Å²) in [6.45, 7) is 0.482. The molecule has 0 bridgehead atoms. The molecule has 1 atom stereocenters. The number of amides is 4. The fourth-order valence-electron chi connectivity index (χ4n) is 3.36. The van der Waals surface area contributed by atoms with Crippen molar-refractivity contribution in [3.63, 3.8) is 0 Å². The van der Waals surface area contributed by atoms with E-state index in [4.69, 9.17) is 0 Å². The molecule has 126 valence electrons. The Balaban J connectivity index is 1.72. The van der Waals surface area contributed by atoms with E-state index in [0.717, 1.165) is 10.0 Å². The first-order valence-electron chi connectivity index (χ1n) is 7.76. The van der Waals surface area contributed by atoms with Crippen LogP contribution in [-0.4, -0.2) is 29.3 Å². The van der Waals surface area contributed by atoms with E-state index < -0.39 is 17.5 Å². The van der Waals surface area contributed by atoms with Gasteiger partial charge in [-0.1, -0.05) is 46.3 Å². The molecule has 2 N–H and O–H groups in total. The van der Waals surface area contributed by atoms with Crippen molar-refractivity contribution in [2.75, 3.05) is 6.54 Å². The molecule has 0 aromatic heterocycles. The number of fused-ring (bicyclic) bond motifs is 1. The van der Waals surface area contributed by atoms with Crippen molar-refractivity contribution < 1.29 is 14.4 Å². The third kappa shape index (κ3) is 2.51. The molecule has 1 unspecified atom stereocenters. The van der Waals surface area contributed by atoms with E-state index in [-0.39, 0.29) is 12.5 Å². The fraction of sp³-hybridized carbons (Fsp3) is 0.167. The van der Waals surface area contributed by atoms with Crippen molar-refractivity contribution in [2.24, 2.45) is 0 Å². The number of carbonyl (C=O) groups is 3. The summed E-state index contributed by atoms with van der Waals surface area (Å²) in [4.78, 5) is 38.7. The summed E-state index contributed by atoms with van der Waals surface area (Å²) < 4.78 is 0.862. The highest BCUT2D eigenvalue weighted by molar-refractivity contribution is 9.10. The van der Waals surface area contributed by atoms with Gasteiger partial charge in [0.2, 0.25) is 0 Å². The van der Waals surface area contributed by atoms with Gasteiger partial charge in [-0.2, -0.15) is 0 Å². The lowest BCUT2D eigenvalue weighted by Gasteiger charge is -2.31. The molecular weight excluding hydrogens is 386 g/mol. The number of nitrogens with zero attached hydrogens (tertiary/aromatic N) is 1. The van der Waals surface area contributed by atoms with Crippen LogP contribution in [0, 0.1) is 0 Å². The minimum absolute atomic E-state index is 0.0692. The fourth-order valence-corrected chi connectivity index (χ4v) is 3.62. The SMILES string of the molecule is O=C1NC(=O)C(CN2Cc3ccccc3C2=O)(c2ccc(Br)cc2)N1. The first kappa shape index (κ1) is 15.8. The van der Waals surface area contributed by atoms with Crippen LogP contribution in [0.1, 0.15) is 21.5 Å². The van der Waals surface area contributed by atoms with Crippen LogP contribution in [0.25, 0.3) is 0 Å². The Kier molecular flexibility index (Phi) is 3.61. The molecule has 4 rings (SSSR count). The minimum atomic E-state index is -1.30. The number of carbonyl (C=O) groups excluding carboxylic acids is 3. The number of rotatable bonds is 3. The van der Waals surface area contributed by atoms with Gasteiger partial charge in [0, 0.05) is 16.6 Å². The second-order valence-corrected chi connectivity index (χ2v) is 7.05. The molecule has 2 aliphatic heterocycles. The smallest absolute Gasteiger partial charge is 0.322 e. The Morgan fingerprint density at radius 1 is 1.04 bits per heavy atom. The zero-order valence-corrected chi connectivity index (χ0v) is 14.7. The van der Waals surface area contributed by atoms with E-state index in [9.17, 15) is 14.4 Å².